The molecular weight excluding hydrogens is 206 g/mol. The molecule has 1 aromatic carbocycles. The maximum atomic E-state index is 10.6. The number of anilines is 1. The molecule has 0 aliphatic rings. The minimum absolute atomic E-state index is 0.0304. The molecule has 0 saturated carbocycles. The normalized spacial score (nSPS) is 9.86. The summed E-state index contributed by atoms with van der Waals surface area (Å²) in [6, 6.07) is 4.41. The van der Waals surface area contributed by atoms with Crippen LogP contribution in [0.2, 0.25) is 5.02 Å². The van der Waals surface area contributed by atoms with E-state index < -0.39 is 4.92 Å². The molecule has 1 rings (SSSR count). The van der Waals surface area contributed by atoms with Gasteiger partial charge in [0.1, 0.15) is 5.69 Å². The number of nitrogens with zero attached hydrogens (tertiary/aromatic N) is 1. The van der Waals surface area contributed by atoms with Crippen molar-refractivity contribution in [2.75, 3.05) is 18.4 Å². The Balaban J connectivity index is 2.97. The Morgan fingerprint density at radius 2 is 2.29 bits per heavy atom. The zero-order valence-corrected chi connectivity index (χ0v) is 8.25. The molecule has 5 nitrogen and oxygen atoms in total. The van der Waals surface area contributed by atoms with Crippen LogP contribution in [0.4, 0.5) is 11.4 Å². The fourth-order valence-corrected chi connectivity index (χ4v) is 1.20. The largest absolute Gasteiger partial charge is 0.374 e. The highest BCUT2D eigenvalue weighted by atomic mass is 35.5. The molecule has 0 aliphatic heterocycles. The van der Waals surface area contributed by atoms with Crippen LogP contribution in [0, 0.1) is 10.1 Å². The quantitative estimate of drug-likeness (QED) is 0.580. The SMILES string of the molecule is [NH3+]CCNc1cc(Cl)ccc1[N+](=O)[O-]. The highest BCUT2D eigenvalue weighted by molar-refractivity contribution is 6.31. The van der Waals surface area contributed by atoms with Crippen molar-refractivity contribution in [2.24, 2.45) is 0 Å². The Morgan fingerprint density at radius 3 is 2.86 bits per heavy atom. The van der Waals surface area contributed by atoms with Gasteiger partial charge in [-0.2, -0.15) is 0 Å². The van der Waals surface area contributed by atoms with E-state index in [0.717, 1.165) is 0 Å². The summed E-state index contributed by atoms with van der Waals surface area (Å²) in [6.07, 6.45) is 0. The van der Waals surface area contributed by atoms with Crippen LogP contribution in [-0.4, -0.2) is 18.0 Å². The second-order valence-corrected chi connectivity index (χ2v) is 3.14. The summed E-state index contributed by atoms with van der Waals surface area (Å²) in [5.74, 6) is 0. The van der Waals surface area contributed by atoms with Crippen LogP contribution in [0.25, 0.3) is 0 Å². The third kappa shape index (κ3) is 2.58. The van der Waals surface area contributed by atoms with Crippen molar-refractivity contribution in [2.45, 2.75) is 0 Å². The molecule has 0 saturated heterocycles. The summed E-state index contributed by atoms with van der Waals surface area (Å²) in [5, 5.41) is 14.0. The number of nitro benzene ring substituents is 1. The van der Waals surface area contributed by atoms with Gasteiger partial charge in [-0.05, 0) is 12.1 Å². The fourth-order valence-electron chi connectivity index (χ4n) is 1.03. The molecule has 0 aliphatic carbocycles. The molecule has 4 N–H and O–H groups in total. The van der Waals surface area contributed by atoms with Crippen LogP contribution in [0.3, 0.4) is 0 Å². The van der Waals surface area contributed by atoms with Gasteiger partial charge in [-0.1, -0.05) is 11.6 Å². The standard InChI is InChI=1S/C8H10ClN3O2/c9-6-1-2-8(12(13)14)7(5-6)11-4-3-10/h1-2,5,11H,3-4,10H2/p+1. The van der Waals surface area contributed by atoms with Crippen molar-refractivity contribution >= 4 is 23.0 Å². The molecular formula is C8H11ClN3O2+. The van der Waals surface area contributed by atoms with E-state index in [1.165, 1.54) is 18.2 Å². The molecule has 6 heteroatoms. The molecule has 0 aromatic heterocycles. The van der Waals surface area contributed by atoms with E-state index in [1.807, 2.05) is 0 Å². The molecule has 0 bridgehead atoms. The van der Waals surface area contributed by atoms with Gasteiger partial charge in [0.15, 0.2) is 0 Å². The minimum atomic E-state index is -0.443. The Labute approximate surface area is 86.0 Å². The van der Waals surface area contributed by atoms with Crippen molar-refractivity contribution in [3.05, 3.63) is 33.3 Å². The van der Waals surface area contributed by atoms with Crippen LogP contribution in [0.15, 0.2) is 18.2 Å². The lowest BCUT2D eigenvalue weighted by molar-refractivity contribution is -0.384. The molecule has 76 valence electrons. The number of rotatable bonds is 4. The first-order valence-electron chi connectivity index (χ1n) is 4.12. The van der Waals surface area contributed by atoms with Gasteiger partial charge in [-0.15, -0.1) is 0 Å². The topological polar surface area (TPSA) is 82.8 Å². The zero-order chi connectivity index (χ0) is 10.6. The lowest BCUT2D eigenvalue weighted by Gasteiger charge is -2.04. The van der Waals surface area contributed by atoms with Gasteiger partial charge in [-0.3, -0.25) is 10.1 Å². The summed E-state index contributed by atoms with van der Waals surface area (Å²) in [7, 11) is 0. The van der Waals surface area contributed by atoms with Crippen LogP contribution >= 0.6 is 11.6 Å². The minimum Gasteiger partial charge on any atom is -0.374 e. The van der Waals surface area contributed by atoms with Gasteiger partial charge >= 0.3 is 0 Å². The lowest BCUT2D eigenvalue weighted by Crippen LogP contribution is -2.53. The predicted molar refractivity (Wildman–Crippen MR) is 54.4 cm³/mol. The van der Waals surface area contributed by atoms with E-state index in [1.54, 1.807) is 0 Å². The van der Waals surface area contributed by atoms with Crippen LogP contribution < -0.4 is 11.1 Å². The second kappa shape index (κ2) is 4.78. The summed E-state index contributed by atoms with van der Waals surface area (Å²) < 4.78 is 0. The van der Waals surface area contributed by atoms with Gasteiger partial charge in [0.05, 0.1) is 18.0 Å². The number of nitrogens with one attached hydrogen (secondary N) is 1. The Morgan fingerprint density at radius 1 is 1.57 bits per heavy atom. The molecule has 0 spiro atoms. The zero-order valence-electron chi connectivity index (χ0n) is 7.50. The molecule has 0 unspecified atom stereocenters. The second-order valence-electron chi connectivity index (χ2n) is 2.70. The summed E-state index contributed by atoms with van der Waals surface area (Å²) in [5.41, 5.74) is 4.10. The van der Waals surface area contributed by atoms with Crippen LogP contribution in [0.1, 0.15) is 0 Å². The van der Waals surface area contributed by atoms with E-state index in [-0.39, 0.29) is 5.69 Å². The lowest BCUT2D eigenvalue weighted by atomic mass is 10.2. The summed E-state index contributed by atoms with van der Waals surface area (Å²) >= 11 is 5.72. The van der Waals surface area contributed by atoms with Crippen molar-refractivity contribution in [1.82, 2.24) is 0 Å². The van der Waals surface area contributed by atoms with Crippen molar-refractivity contribution in [1.29, 1.82) is 0 Å². The Bertz CT molecular complexity index is 343. The maximum absolute atomic E-state index is 10.6. The van der Waals surface area contributed by atoms with Gasteiger partial charge in [0.2, 0.25) is 0 Å². The van der Waals surface area contributed by atoms with Gasteiger partial charge in [0.25, 0.3) is 5.69 Å². The molecule has 0 atom stereocenters. The summed E-state index contributed by atoms with van der Waals surface area (Å²) in [6.45, 7) is 1.24. The first kappa shape index (κ1) is 10.7. The highest BCUT2D eigenvalue weighted by Gasteiger charge is 2.12. The van der Waals surface area contributed by atoms with Gasteiger partial charge < -0.3 is 11.1 Å². The average Bonchev–Trinajstić information content (AvgIpc) is 2.14. The molecule has 0 fully saturated rings. The van der Waals surface area contributed by atoms with E-state index in [9.17, 15) is 10.1 Å². The smallest absolute Gasteiger partial charge is 0.292 e. The molecule has 0 heterocycles. The first-order valence-corrected chi connectivity index (χ1v) is 4.50. The third-order valence-corrected chi connectivity index (χ3v) is 1.88. The average molecular weight is 217 g/mol. The number of benzene rings is 1. The van der Waals surface area contributed by atoms with E-state index in [2.05, 4.69) is 11.1 Å². The molecule has 14 heavy (non-hydrogen) atoms. The first-order chi connectivity index (χ1) is 6.65. The van der Waals surface area contributed by atoms with Crippen molar-refractivity contribution in [3.8, 4) is 0 Å². The van der Waals surface area contributed by atoms with E-state index in [4.69, 9.17) is 11.6 Å². The third-order valence-electron chi connectivity index (χ3n) is 1.65. The Kier molecular flexibility index (Phi) is 3.67. The number of nitro groups is 1. The van der Waals surface area contributed by atoms with Crippen LogP contribution in [0.5, 0.6) is 0 Å². The Hall–Kier alpha value is -1.33. The van der Waals surface area contributed by atoms with Gasteiger partial charge in [-0.25, -0.2) is 0 Å². The molecule has 0 amide bonds. The molecule has 0 radical (unpaired) electrons. The number of hydrogen-bond donors (Lipinski definition) is 2. The monoisotopic (exact) mass is 216 g/mol. The predicted octanol–water partition coefficient (Wildman–Crippen LogP) is 0.902. The van der Waals surface area contributed by atoms with E-state index >= 15 is 0 Å². The number of quaternary nitrogens is 1. The summed E-state index contributed by atoms with van der Waals surface area (Å²) in [4.78, 5) is 10.2. The van der Waals surface area contributed by atoms with Gasteiger partial charge in [0, 0.05) is 11.1 Å². The molecule has 1 aromatic rings. The van der Waals surface area contributed by atoms with Crippen LogP contribution in [-0.2, 0) is 0 Å². The van der Waals surface area contributed by atoms with Crippen molar-refractivity contribution < 1.29 is 10.7 Å². The number of hydrogen-bond acceptors (Lipinski definition) is 3. The number of halogens is 1. The van der Waals surface area contributed by atoms with E-state index in [0.29, 0.717) is 23.8 Å². The fraction of sp³-hybridized carbons (Fsp3) is 0.250. The van der Waals surface area contributed by atoms with Crippen molar-refractivity contribution in [3.63, 3.8) is 0 Å². The highest BCUT2D eigenvalue weighted by Crippen LogP contribution is 2.27. The maximum Gasteiger partial charge on any atom is 0.292 e.